The van der Waals surface area contributed by atoms with Gasteiger partial charge in [-0.15, -0.1) is 11.3 Å². The minimum Gasteiger partial charge on any atom is -0.377 e. The Hall–Kier alpha value is -2.55. The summed E-state index contributed by atoms with van der Waals surface area (Å²) < 4.78 is 5.57. The van der Waals surface area contributed by atoms with Crippen molar-refractivity contribution in [2.75, 3.05) is 11.9 Å². The summed E-state index contributed by atoms with van der Waals surface area (Å²) in [5.41, 5.74) is 3.14. The third-order valence-corrected chi connectivity index (χ3v) is 7.16. The van der Waals surface area contributed by atoms with E-state index in [1.807, 2.05) is 58.0 Å². The number of aryl methyl sites for hydroxylation is 2. The molecule has 1 aromatic carbocycles. The maximum absolute atomic E-state index is 12.9. The average Bonchev–Trinajstić information content (AvgIpc) is 3.37. The Labute approximate surface area is 203 Å². The van der Waals surface area contributed by atoms with Gasteiger partial charge < -0.3 is 15.4 Å². The first-order valence-electron chi connectivity index (χ1n) is 11.2. The van der Waals surface area contributed by atoms with Gasteiger partial charge in [0, 0.05) is 22.6 Å². The van der Waals surface area contributed by atoms with Gasteiger partial charge in [0.2, 0.25) is 11.8 Å². The third kappa shape index (κ3) is 6.96. The van der Waals surface area contributed by atoms with Crippen molar-refractivity contribution >= 4 is 39.6 Å². The van der Waals surface area contributed by atoms with Crippen molar-refractivity contribution in [3.8, 4) is 10.4 Å². The van der Waals surface area contributed by atoms with Gasteiger partial charge in [0.25, 0.3) is 0 Å². The SMILES string of the molecule is CCCC(NC(=O)Cc1cc(C)sc1C)C(=O)Nc1ncc(-c2ccccc2COCC)s1. The zero-order valence-electron chi connectivity index (χ0n) is 19.6. The van der Waals surface area contributed by atoms with E-state index in [-0.39, 0.29) is 18.2 Å². The van der Waals surface area contributed by atoms with Crippen LogP contribution < -0.4 is 10.6 Å². The molecular weight excluding hydrogens is 454 g/mol. The van der Waals surface area contributed by atoms with Gasteiger partial charge in [0.15, 0.2) is 5.13 Å². The number of ether oxygens (including phenoxy) is 1. The highest BCUT2D eigenvalue weighted by molar-refractivity contribution is 7.19. The number of carbonyl (C=O) groups excluding carboxylic acids is 2. The van der Waals surface area contributed by atoms with E-state index in [9.17, 15) is 9.59 Å². The lowest BCUT2D eigenvalue weighted by atomic mass is 10.1. The highest BCUT2D eigenvalue weighted by atomic mass is 32.1. The van der Waals surface area contributed by atoms with E-state index in [4.69, 9.17) is 4.74 Å². The van der Waals surface area contributed by atoms with Crippen LogP contribution in [0.5, 0.6) is 0 Å². The number of nitrogens with one attached hydrogen (secondary N) is 2. The van der Waals surface area contributed by atoms with Crippen LogP contribution in [0.2, 0.25) is 0 Å². The van der Waals surface area contributed by atoms with E-state index in [2.05, 4.69) is 15.6 Å². The zero-order chi connectivity index (χ0) is 23.8. The molecule has 33 heavy (non-hydrogen) atoms. The fraction of sp³-hybridized carbons (Fsp3) is 0.400. The highest BCUT2D eigenvalue weighted by Gasteiger charge is 2.22. The van der Waals surface area contributed by atoms with E-state index in [0.717, 1.165) is 32.9 Å². The predicted molar refractivity (Wildman–Crippen MR) is 136 cm³/mol. The minimum atomic E-state index is -0.597. The van der Waals surface area contributed by atoms with Gasteiger partial charge in [-0.1, -0.05) is 48.9 Å². The molecule has 0 aliphatic heterocycles. The molecule has 0 bridgehead atoms. The van der Waals surface area contributed by atoms with Crippen molar-refractivity contribution in [2.24, 2.45) is 0 Å². The van der Waals surface area contributed by atoms with Crippen LogP contribution in [0.3, 0.4) is 0 Å². The number of hydrogen-bond donors (Lipinski definition) is 2. The van der Waals surface area contributed by atoms with E-state index < -0.39 is 6.04 Å². The van der Waals surface area contributed by atoms with Crippen molar-refractivity contribution in [1.82, 2.24) is 10.3 Å². The van der Waals surface area contributed by atoms with Crippen LogP contribution in [0, 0.1) is 13.8 Å². The molecule has 2 amide bonds. The lowest BCUT2D eigenvalue weighted by Gasteiger charge is -2.17. The summed E-state index contributed by atoms with van der Waals surface area (Å²) in [6, 6.07) is 9.47. The minimum absolute atomic E-state index is 0.144. The quantitative estimate of drug-likeness (QED) is 0.376. The molecule has 0 aliphatic carbocycles. The fourth-order valence-corrected chi connectivity index (χ4v) is 5.41. The summed E-state index contributed by atoms with van der Waals surface area (Å²) in [6.45, 7) is 9.19. The molecule has 2 heterocycles. The number of rotatable bonds is 11. The lowest BCUT2D eigenvalue weighted by Crippen LogP contribution is -2.44. The molecule has 2 N–H and O–H groups in total. The zero-order valence-corrected chi connectivity index (χ0v) is 21.2. The Morgan fingerprint density at radius 1 is 1.12 bits per heavy atom. The predicted octanol–water partition coefficient (Wildman–Crippen LogP) is 5.49. The van der Waals surface area contributed by atoms with Crippen LogP contribution in [0.25, 0.3) is 10.4 Å². The van der Waals surface area contributed by atoms with E-state index in [1.165, 1.54) is 16.2 Å². The van der Waals surface area contributed by atoms with E-state index in [0.29, 0.717) is 24.8 Å². The monoisotopic (exact) mass is 485 g/mol. The number of anilines is 1. The van der Waals surface area contributed by atoms with Crippen molar-refractivity contribution in [2.45, 2.75) is 59.6 Å². The van der Waals surface area contributed by atoms with E-state index in [1.54, 1.807) is 17.5 Å². The van der Waals surface area contributed by atoms with E-state index >= 15 is 0 Å². The first kappa shape index (κ1) is 25.1. The molecule has 0 spiro atoms. The summed E-state index contributed by atoms with van der Waals surface area (Å²) in [5, 5.41) is 6.31. The van der Waals surface area contributed by atoms with Crippen LogP contribution in [0.15, 0.2) is 36.5 Å². The molecule has 3 aromatic rings. The van der Waals surface area contributed by atoms with Crippen molar-refractivity contribution in [3.05, 3.63) is 57.4 Å². The molecule has 0 fully saturated rings. The molecule has 176 valence electrons. The first-order chi connectivity index (χ1) is 15.9. The first-order valence-corrected chi connectivity index (χ1v) is 12.8. The van der Waals surface area contributed by atoms with Crippen molar-refractivity contribution in [3.63, 3.8) is 0 Å². The number of benzene rings is 1. The van der Waals surface area contributed by atoms with Crippen LogP contribution >= 0.6 is 22.7 Å². The smallest absolute Gasteiger partial charge is 0.248 e. The van der Waals surface area contributed by atoms with Gasteiger partial charge in [0.05, 0.1) is 17.9 Å². The fourth-order valence-electron chi connectivity index (χ4n) is 3.58. The molecule has 3 rings (SSSR count). The van der Waals surface area contributed by atoms with Gasteiger partial charge in [-0.05, 0) is 49.9 Å². The summed E-state index contributed by atoms with van der Waals surface area (Å²) in [5.74, 6) is -0.388. The average molecular weight is 486 g/mol. The van der Waals surface area contributed by atoms with Crippen LogP contribution in [0.4, 0.5) is 5.13 Å². The second-order valence-corrected chi connectivity index (χ2v) is 10.3. The Kier molecular flexibility index (Phi) is 9.17. The molecule has 2 aromatic heterocycles. The van der Waals surface area contributed by atoms with Gasteiger partial charge in [-0.25, -0.2) is 4.98 Å². The second-order valence-electron chi connectivity index (χ2n) is 7.84. The number of carbonyl (C=O) groups is 2. The molecule has 0 radical (unpaired) electrons. The molecule has 1 unspecified atom stereocenters. The van der Waals surface area contributed by atoms with Crippen LogP contribution in [-0.4, -0.2) is 29.4 Å². The normalized spacial score (nSPS) is 11.9. The lowest BCUT2D eigenvalue weighted by molar-refractivity contribution is -0.126. The summed E-state index contributed by atoms with van der Waals surface area (Å²) in [4.78, 5) is 33.2. The Balaban J connectivity index is 1.66. The number of amides is 2. The van der Waals surface area contributed by atoms with Crippen molar-refractivity contribution in [1.29, 1.82) is 0 Å². The Bertz CT molecular complexity index is 1090. The molecule has 0 saturated carbocycles. The second kappa shape index (κ2) is 12.1. The number of hydrogen-bond acceptors (Lipinski definition) is 6. The Morgan fingerprint density at radius 3 is 2.61 bits per heavy atom. The molecule has 0 saturated heterocycles. The molecule has 1 atom stereocenters. The topological polar surface area (TPSA) is 80.3 Å². The van der Waals surface area contributed by atoms with Crippen molar-refractivity contribution < 1.29 is 14.3 Å². The van der Waals surface area contributed by atoms with Crippen LogP contribution in [-0.2, 0) is 27.4 Å². The number of thiazole rings is 1. The number of aromatic nitrogens is 1. The third-order valence-electron chi connectivity index (χ3n) is 5.20. The summed E-state index contributed by atoms with van der Waals surface area (Å²) >= 11 is 3.09. The molecule has 6 nitrogen and oxygen atoms in total. The summed E-state index contributed by atoms with van der Waals surface area (Å²) in [6.07, 6.45) is 3.39. The van der Waals surface area contributed by atoms with Gasteiger partial charge in [-0.2, -0.15) is 0 Å². The standard InChI is InChI=1S/C25H31N3O3S2/c1-5-9-21(27-23(29)13-19-12-16(3)32-17(19)4)24(30)28-25-26-14-22(33-25)20-11-8-7-10-18(20)15-31-6-2/h7-8,10-12,14,21H,5-6,9,13,15H2,1-4H3,(H,27,29)(H,26,28,30). The van der Waals surface area contributed by atoms with Gasteiger partial charge in [0.1, 0.15) is 6.04 Å². The number of nitrogens with zero attached hydrogens (tertiary/aromatic N) is 1. The van der Waals surface area contributed by atoms with Gasteiger partial charge in [-0.3, -0.25) is 9.59 Å². The maximum Gasteiger partial charge on any atom is 0.248 e. The summed E-state index contributed by atoms with van der Waals surface area (Å²) in [7, 11) is 0. The molecular formula is C25H31N3O3S2. The highest BCUT2D eigenvalue weighted by Crippen LogP contribution is 2.32. The van der Waals surface area contributed by atoms with Crippen LogP contribution in [0.1, 0.15) is 47.6 Å². The Morgan fingerprint density at radius 2 is 1.91 bits per heavy atom. The molecule has 8 heteroatoms. The molecule has 0 aliphatic rings. The van der Waals surface area contributed by atoms with Gasteiger partial charge >= 0.3 is 0 Å². The largest absolute Gasteiger partial charge is 0.377 e. The number of thiophene rings is 1. The maximum atomic E-state index is 12.9.